The van der Waals surface area contributed by atoms with Crippen molar-refractivity contribution in [3.05, 3.63) is 64.1 Å². The third-order valence-electron chi connectivity index (χ3n) is 5.39. The summed E-state index contributed by atoms with van der Waals surface area (Å²) < 4.78 is 1.17. The van der Waals surface area contributed by atoms with Crippen molar-refractivity contribution in [2.24, 2.45) is 0 Å². The number of aromatic amines is 1. The maximum Gasteiger partial charge on any atom is 0.334 e. The molecular formula is C23H30N4O2. The van der Waals surface area contributed by atoms with Crippen LogP contribution in [0.25, 0.3) is 11.0 Å². The lowest BCUT2D eigenvalue weighted by Gasteiger charge is -2.17. The van der Waals surface area contributed by atoms with E-state index >= 15 is 0 Å². The number of carbonyl (C=O) groups excluding carboxylic acids is 1. The summed E-state index contributed by atoms with van der Waals surface area (Å²) in [6, 6.07) is 13.1. The van der Waals surface area contributed by atoms with Gasteiger partial charge in [0, 0.05) is 12.2 Å². The molecule has 0 radical (unpaired) electrons. The molecule has 2 N–H and O–H groups in total. The van der Waals surface area contributed by atoms with Crippen LogP contribution in [0.2, 0.25) is 0 Å². The first-order valence-electron chi connectivity index (χ1n) is 10.3. The third-order valence-corrected chi connectivity index (χ3v) is 5.39. The van der Waals surface area contributed by atoms with Crippen LogP contribution in [0.5, 0.6) is 0 Å². The van der Waals surface area contributed by atoms with Crippen molar-refractivity contribution in [2.45, 2.75) is 40.0 Å². The Hall–Kier alpha value is -2.86. The molecule has 2 aromatic carbocycles. The molecule has 0 bridgehead atoms. The highest BCUT2D eigenvalue weighted by atomic mass is 16.2. The van der Waals surface area contributed by atoms with Gasteiger partial charge in [0.2, 0.25) is 0 Å². The first kappa shape index (κ1) is 20.9. The van der Waals surface area contributed by atoms with Gasteiger partial charge in [-0.15, -0.1) is 0 Å². The number of hydrogen-bond acceptors (Lipinski definition) is 3. The molecule has 0 saturated heterocycles. The molecule has 0 atom stereocenters. The average Bonchev–Trinajstić information content (AvgIpc) is 3.04. The molecule has 154 valence electrons. The highest BCUT2D eigenvalue weighted by Crippen LogP contribution is 2.18. The first-order chi connectivity index (χ1) is 13.9. The van der Waals surface area contributed by atoms with Crippen LogP contribution < -0.4 is 11.0 Å². The number of nitrogens with one attached hydrogen (secondary N) is 2. The van der Waals surface area contributed by atoms with Crippen molar-refractivity contribution in [2.75, 3.05) is 25.0 Å². The van der Waals surface area contributed by atoms with Gasteiger partial charge in [-0.1, -0.05) is 45.9 Å². The fraction of sp³-hybridized carbons (Fsp3) is 0.391. The molecular weight excluding hydrogens is 364 g/mol. The molecule has 29 heavy (non-hydrogen) atoms. The predicted octanol–water partition coefficient (Wildman–Crippen LogP) is 4.42. The van der Waals surface area contributed by atoms with Gasteiger partial charge in [-0.25, -0.2) is 14.2 Å². The summed E-state index contributed by atoms with van der Waals surface area (Å²) in [5.74, 6) is 0.422. The molecule has 0 unspecified atom stereocenters. The second-order valence-electron chi connectivity index (χ2n) is 7.60. The molecule has 0 aliphatic carbocycles. The van der Waals surface area contributed by atoms with Crippen molar-refractivity contribution in [3.63, 3.8) is 0 Å². The molecule has 6 nitrogen and oxygen atoms in total. The van der Waals surface area contributed by atoms with E-state index in [0.717, 1.165) is 31.6 Å². The predicted molar refractivity (Wildman–Crippen MR) is 119 cm³/mol. The Morgan fingerprint density at radius 1 is 1.10 bits per heavy atom. The van der Waals surface area contributed by atoms with E-state index in [2.05, 4.69) is 42.9 Å². The molecule has 0 aliphatic rings. The van der Waals surface area contributed by atoms with Crippen LogP contribution in [-0.4, -0.2) is 40.1 Å². The highest BCUT2D eigenvalue weighted by molar-refractivity contribution is 5.97. The van der Waals surface area contributed by atoms with Crippen molar-refractivity contribution in [1.29, 1.82) is 0 Å². The zero-order valence-electron chi connectivity index (χ0n) is 17.7. The number of fused-ring (bicyclic) bond motifs is 1. The minimum Gasteiger partial charge on any atom is -0.307 e. The van der Waals surface area contributed by atoms with Gasteiger partial charge in [-0.2, -0.15) is 0 Å². The van der Waals surface area contributed by atoms with Gasteiger partial charge in [0.1, 0.15) is 0 Å². The van der Waals surface area contributed by atoms with Crippen molar-refractivity contribution in [1.82, 2.24) is 14.5 Å². The van der Waals surface area contributed by atoms with Crippen LogP contribution in [-0.2, 0) is 6.42 Å². The Labute approximate surface area is 171 Å². The van der Waals surface area contributed by atoms with Gasteiger partial charge >= 0.3 is 11.7 Å². The van der Waals surface area contributed by atoms with E-state index in [1.54, 1.807) is 0 Å². The van der Waals surface area contributed by atoms with E-state index < -0.39 is 11.7 Å². The van der Waals surface area contributed by atoms with Gasteiger partial charge in [-0.05, 0) is 60.8 Å². The minimum absolute atomic E-state index is 0.422. The summed E-state index contributed by atoms with van der Waals surface area (Å²) in [5.41, 5.74) is 3.79. The molecule has 0 spiro atoms. The van der Waals surface area contributed by atoms with Crippen LogP contribution in [0.1, 0.15) is 44.7 Å². The highest BCUT2D eigenvalue weighted by Gasteiger charge is 2.15. The van der Waals surface area contributed by atoms with Crippen molar-refractivity contribution in [3.8, 4) is 0 Å². The van der Waals surface area contributed by atoms with E-state index in [9.17, 15) is 9.59 Å². The van der Waals surface area contributed by atoms with E-state index in [0.29, 0.717) is 22.6 Å². The molecule has 0 aliphatic heterocycles. The number of carbonyl (C=O) groups is 1. The summed E-state index contributed by atoms with van der Waals surface area (Å²) in [5, 5.41) is 2.83. The number of aromatic nitrogens is 2. The zero-order valence-corrected chi connectivity index (χ0v) is 17.7. The summed E-state index contributed by atoms with van der Waals surface area (Å²) in [4.78, 5) is 30.4. The summed E-state index contributed by atoms with van der Waals surface area (Å²) in [7, 11) is 0. The molecule has 1 aromatic heterocycles. The maximum atomic E-state index is 12.8. The SMILES string of the molecule is CCN(CC)CCc1ccc2[nH]c(=O)n(C(=O)Nc3ccc(C(C)C)cc3)c2c1. The fourth-order valence-electron chi connectivity index (χ4n) is 3.46. The molecule has 1 amide bonds. The lowest BCUT2D eigenvalue weighted by molar-refractivity contribution is 0.253. The standard InChI is InChI=1S/C23H30N4O2/c1-5-26(6-2)14-13-17-7-12-20-21(15-17)27(23(29)25-20)22(28)24-19-10-8-18(9-11-19)16(3)4/h7-12,15-16H,5-6,13-14H2,1-4H3,(H,24,28)(H,25,29). The molecule has 6 heteroatoms. The number of rotatable bonds is 7. The van der Waals surface area contributed by atoms with Crippen LogP contribution in [0.3, 0.4) is 0 Å². The maximum absolute atomic E-state index is 12.8. The van der Waals surface area contributed by atoms with Gasteiger partial charge in [-0.3, -0.25) is 0 Å². The van der Waals surface area contributed by atoms with Crippen LogP contribution >= 0.6 is 0 Å². The van der Waals surface area contributed by atoms with Gasteiger partial charge < -0.3 is 15.2 Å². The van der Waals surface area contributed by atoms with Gasteiger partial charge in [0.05, 0.1) is 11.0 Å². The minimum atomic E-state index is -0.459. The van der Waals surface area contributed by atoms with Gasteiger partial charge in [0.15, 0.2) is 0 Å². The van der Waals surface area contributed by atoms with E-state index in [1.165, 1.54) is 10.1 Å². The number of likely N-dealkylation sites (N-methyl/N-ethyl adjacent to an activating group) is 1. The number of hydrogen-bond donors (Lipinski definition) is 2. The van der Waals surface area contributed by atoms with Crippen LogP contribution in [0.15, 0.2) is 47.3 Å². The first-order valence-corrected chi connectivity index (χ1v) is 10.3. The summed E-state index contributed by atoms with van der Waals surface area (Å²) >= 11 is 0. The Kier molecular flexibility index (Phi) is 6.54. The smallest absolute Gasteiger partial charge is 0.307 e. The number of imidazole rings is 1. The zero-order chi connectivity index (χ0) is 21.0. The third kappa shape index (κ3) is 4.77. The van der Waals surface area contributed by atoms with Gasteiger partial charge in [0.25, 0.3) is 0 Å². The second kappa shape index (κ2) is 9.09. The molecule has 3 aromatic rings. The Bertz CT molecular complexity index is 1030. The largest absolute Gasteiger partial charge is 0.334 e. The molecule has 3 rings (SSSR count). The number of anilines is 1. The van der Waals surface area contributed by atoms with E-state index in [4.69, 9.17) is 0 Å². The molecule has 0 fully saturated rings. The Balaban J connectivity index is 1.83. The summed E-state index contributed by atoms with van der Waals surface area (Å²) in [6.45, 7) is 11.5. The monoisotopic (exact) mass is 394 g/mol. The van der Waals surface area contributed by atoms with E-state index in [1.807, 2.05) is 42.5 Å². The molecule has 0 saturated carbocycles. The normalized spacial score (nSPS) is 11.5. The Morgan fingerprint density at radius 3 is 2.41 bits per heavy atom. The quantitative estimate of drug-likeness (QED) is 0.623. The Morgan fingerprint density at radius 2 is 1.79 bits per heavy atom. The fourth-order valence-corrected chi connectivity index (χ4v) is 3.46. The topological polar surface area (TPSA) is 70.1 Å². The number of nitrogens with zero attached hydrogens (tertiary/aromatic N) is 2. The van der Waals surface area contributed by atoms with Crippen molar-refractivity contribution >= 4 is 22.8 Å². The average molecular weight is 395 g/mol. The molecule has 1 heterocycles. The van der Waals surface area contributed by atoms with Crippen LogP contribution in [0, 0.1) is 0 Å². The number of benzene rings is 2. The summed E-state index contributed by atoms with van der Waals surface area (Å²) in [6.07, 6.45) is 0.870. The van der Waals surface area contributed by atoms with Crippen LogP contribution in [0.4, 0.5) is 10.5 Å². The number of H-pyrrole nitrogens is 1. The lowest BCUT2D eigenvalue weighted by atomic mass is 10.0. The second-order valence-corrected chi connectivity index (χ2v) is 7.60. The lowest BCUT2D eigenvalue weighted by Crippen LogP contribution is -2.29. The van der Waals surface area contributed by atoms with E-state index in [-0.39, 0.29) is 0 Å². The van der Waals surface area contributed by atoms with Crippen molar-refractivity contribution < 1.29 is 4.79 Å². The number of amides is 1.